The normalized spacial score (nSPS) is 10.1. The van der Waals surface area contributed by atoms with Crippen molar-refractivity contribution >= 4 is 59.2 Å². The summed E-state index contributed by atoms with van der Waals surface area (Å²) in [6.45, 7) is 0. The van der Waals surface area contributed by atoms with E-state index < -0.39 is 0 Å². The van der Waals surface area contributed by atoms with Crippen molar-refractivity contribution in [1.82, 2.24) is 0 Å². The lowest BCUT2D eigenvalue weighted by atomic mass is 10.3. The summed E-state index contributed by atoms with van der Waals surface area (Å²) in [7, 11) is 0. The molecule has 1 rings (SSSR count). The third kappa shape index (κ3) is 1.71. The summed E-state index contributed by atoms with van der Waals surface area (Å²) in [6.07, 6.45) is 0. The first-order valence-corrected chi connectivity index (χ1v) is 5.10. The van der Waals surface area contributed by atoms with Crippen molar-refractivity contribution < 1.29 is 0 Å². The first kappa shape index (κ1) is 9.35. The minimum Gasteiger partial charge on any atom is -0.397 e. The van der Waals surface area contributed by atoms with Gasteiger partial charge >= 0.3 is 0 Å². The van der Waals surface area contributed by atoms with Crippen LogP contribution in [0.2, 0.25) is 0 Å². The average Bonchev–Trinajstić information content (AvgIpc) is 1.97. The molecule has 0 fully saturated rings. The molecule has 0 aliphatic carbocycles. The van der Waals surface area contributed by atoms with Crippen LogP contribution in [-0.2, 0) is 0 Å². The van der Waals surface area contributed by atoms with E-state index in [1.807, 2.05) is 6.07 Å². The second kappa shape index (κ2) is 3.33. The maximum Gasteiger partial charge on any atom is 0.0657 e. The van der Waals surface area contributed by atoms with E-state index in [9.17, 15) is 0 Å². The first-order chi connectivity index (χ1) is 5.04. The Balaban J connectivity index is 3.46. The Morgan fingerprint density at radius 2 is 1.27 bits per heavy atom. The highest BCUT2D eigenvalue weighted by atomic mass is 79.9. The van der Waals surface area contributed by atoms with Gasteiger partial charge in [0.2, 0.25) is 0 Å². The van der Waals surface area contributed by atoms with Crippen LogP contribution in [-0.4, -0.2) is 0 Å². The van der Waals surface area contributed by atoms with Gasteiger partial charge in [-0.15, -0.1) is 0 Å². The molecule has 4 N–H and O–H groups in total. The first-order valence-electron chi connectivity index (χ1n) is 2.72. The summed E-state index contributed by atoms with van der Waals surface area (Å²) in [6, 6.07) is 1.81. The molecule has 60 valence electrons. The van der Waals surface area contributed by atoms with E-state index in [0.29, 0.717) is 11.4 Å². The lowest BCUT2D eigenvalue weighted by Crippen LogP contribution is -1.95. The van der Waals surface area contributed by atoms with E-state index in [4.69, 9.17) is 11.5 Å². The Bertz CT molecular complexity index is 272. The largest absolute Gasteiger partial charge is 0.397 e. The Morgan fingerprint density at radius 1 is 0.909 bits per heavy atom. The maximum atomic E-state index is 5.66. The molecule has 2 nitrogen and oxygen atoms in total. The number of anilines is 2. The minimum atomic E-state index is 0.616. The molecule has 0 unspecified atom stereocenters. The van der Waals surface area contributed by atoms with Crippen molar-refractivity contribution in [2.75, 3.05) is 11.5 Å². The quantitative estimate of drug-likeness (QED) is 0.710. The fourth-order valence-electron chi connectivity index (χ4n) is 0.622. The molecule has 0 spiro atoms. The van der Waals surface area contributed by atoms with Crippen LogP contribution in [0, 0.1) is 0 Å². The lowest BCUT2D eigenvalue weighted by molar-refractivity contribution is 1.54. The number of hydrogen-bond donors (Lipinski definition) is 2. The summed E-state index contributed by atoms with van der Waals surface area (Å²) in [5.74, 6) is 0. The molecule has 0 bridgehead atoms. The van der Waals surface area contributed by atoms with Crippen molar-refractivity contribution in [3.05, 3.63) is 19.5 Å². The Labute approximate surface area is 89.7 Å². The van der Waals surface area contributed by atoms with Gasteiger partial charge in [-0.05, 0) is 53.9 Å². The van der Waals surface area contributed by atoms with Crippen molar-refractivity contribution in [3.63, 3.8) is 0 Å². The van der Waals surface area contributed by atoms with Crippen LogP contribution in [0.4, 0.5) is 11.4 Å². The SMILES string of the molecule is Nc1c(Br)cc(Br)c(N)c1Br. The van der Waals surface area contributed by atoms with Gasteiger partial charge in [0.05, 0.1) is 15.8 Å². The summed E-state index contributed by atoms with van der Waals surface area (Å²) in [5.41, 5.74) is 12.5. The monoisotopic (exact) mass is 342 g/mol. The number of hydrogen-bond acceptors (Lipinski definition) is 2. The second-order valence-electron chi connectivity index (χ2n) is 1.98. The predicted molar refractivity (Wildman–Crippen MR) is 58.4 cm³/mol. The van der Waals surface area contributed by atoms with Crippen LogP contribution in [0.3, 0.4) is 0 Å². The van der Waals surface area contributed by atoms with Gasteiger partial charge in [-0.1, -0.05) is 0 Å². The molecule has 0 aromatic heterocycles. The summed E-state index contributed by atoms with van der Waals surface area (Å²) < 4.78 is 2.37. The zero-order valence-electron chi connectivity index (χ0n) is 5.37. The zero-order chi connectivity index (χ0) is 8.59. The van der Waals surface area contributed by atoms with Gasteiger partial charge in [-0.3, -0.25) is 0 Å². The smallest absolute Gasteiger partial charge is 0.0657 e. The molecular formula is C6H5Br3N2. The van der Waals surface area contributed by atoms with Crippen LogP contribution >= 0.6 is 47.8 Å². The van der Waals surface area contributed by atoms with E-state index in [2.05, 4.69) is 47.8 Å². The number of halogens is 3. The van der Waals surface area contributed by atoms with Gasteiger partial charge in [-0.25, -0.2) is 0 Å². The molecule has 0 heterocycles. The molecule has 0 saturated carbocycles. The average molecular weight is 345 g/mol. The fourth-order valence-corrected chi connectivity index (χ4v) is 2.74. The van der Waals surface area contributed by atoms with Crippen molar-refractivity contribution in [2.24, 2.45) is 0 Å². The third-order valence-corrected chi connectivity index (χ3v) is 3.41. The molecule has 0 aliphatic heterocycles. The standard InChI is InChI=1S/C6H5Br3N2/c7-2-1-3(8)6(11)4(9)5(2)10/h1H,10-11H2. The predicted octanol–water partition coefficient (Wildman–Crippen LogP) is 3.14. The molecule has 0 atom stereocenters. The second-order valence-corrected chi connectivity index (χ2v) is 4.48. The number of nitrogen functional groups attached to an aromatic ring is 2. The molecule has 11 heavy (non-hydrogen) atoms. The zero-order valence-corrected chi connectivity index (χ0v) is 10.1. The molecule has 0 radical (unpaired) electrons. The van der Waals surface area contributed by atoms with Gasteiger partial charge in [0.25, 0.3) is 0 Å². The third-order valence-electron chi connectivity index (χ3n) is 1.24. The van der Waals surface area contributed by atoms with E-state index in [0.717, 1.165) is 13.4 Å². The van der Waals surface area contributed by atoms with Crippen molar-refractivity contribution in [1.29, 1.82) is 0 Å². The Kier molecular flexibility index (Phi) is 2.83. The summed E-state index contributed by atoms with van der Waals surface area (Å²) in [5, 5.41) is 0. The van der Waals surface area contributed by atoms with Gasteiger partial charge in [0, 0.05) is 8.95 Å². The molecular weight excluding hydrogens is 340 g/mol. The molecule has 0 saturated heterocycles. The highest BCUT2D eigenvalue weighted by molar-refractivity contribution is 9.11. The van der Waals surface area contributed by atoms with E-state index in [-0.39, 0.29) is 0 Å². The maximum absolute atomic E-state index is 5.66. The minimum absolute atomic E-state index is 0.616. The molecule has 1 aromatic carbocycles. The van der Waals surface area contributed by atoms with Crippen LogP contribution in [0.5, 0.6) is 0 Å². The van der Waals surface area contributed by atoms with Gasteiger partial charge < -0.3 is 11.5 Å². The van der Waals surface area contributed by atoms with E-state index in [1.54, 1.807) is 0 Å². The molecule has 0 aliphatic rings. The molecule has 5 heteroatoms. The van der Waals surface area contributed by atoms with Crippen LogP contribution < -0.4 is 11.5 Å². The fraction of sp³-hybridized carbons (Fsp3) is 0. The Hall–Kier alpha value is 0.260. The van der Waals surface area contributed by atoms with Crippen molar-refractivity contribution in [2.45, 2.75) is 0 Å². The summed E-state index contributed by atoms with van der Waals surface area (Å²) >= 11 is 9.85. The number of benzene rings is 1. The summed E-state index contributed by atoms with van der Waals surface area (Å²) in [4.78, 5) is 0. The number of nitrogens with two attached hydrogens (primary N) is 2. The van der Waals surface area contributed by atoms with Gasteiger partial charge in [-0.2, -0.15) is 0 Å². The van der Waals surface area contributed by atoms with Gasteiger partial charge in [0.1, 0.15) is 0 Å². The molecule has 1 aromatic rings. The van der Waals surface area contributed by atoms with E-state index in [1.165, 1.54) is 0 Å². The van der Waals surface area contributed by atoms with E-state index >= 15 is 0 Å². The van der Waals surface area contributed by atoms with Crippen LogP contribution in [0.1, 0.15) is 0 Å². The lowest BCUT2D eigenvalue weighted by Gasteiger charge is -2.06. The highest BCUT2D eigenvalue weighted by Crippen LogP contribution is 2.38. The van der Waals surface area contributed by atoms with Crippen LogP contribution in [0.15, 0.2) is 19.5 Å². The van der Waals surface area contributed by atoms with Gasteiger partial charge in [0.15, 0.2) is 0 Å². The Morgan fingerprint density at radius 3 is 1.64 bits per heavy atom. The highest BCUT2D eigenvalue weighted by Gasteiger charge is 2.07. The number of rotatable bonds is 0. The van der Waals surface area contributed by atoms with Crippen molar-refractivity contribution in [3.8, 4) is 0 Å². The van der Waals surface area contributed by atoms with Crippen LogP contribution in [0.25, 0.3) is 0 Å². The topological polar surface area (TPSA) is 52.0 Å². The molecule has 0 amide bonds.